The standard InChI is InChI=1S/C17H25N3O/c1-19-9-11-20(12-10-19)16(18)17(7-13-21-14-8-17)15-5-3-2-4-6-15/h2-6,18H,7-14H2,1H3. The van der Waals surface area contributed by atoms with Gasteiger partial charge in [-0.25, -0.2) is 0 Å². The van der Waals surface area contributed by atoms with Gasteiger partial charge in [0, 0.05) is 39.4 Å². The highest BCUT2D eigenvalue weighted by Crippen LogP contribution is 2.37. The van der Waals surface area contributed by atoms with E-state index < -0.39 is 0 Å². The van der Waals surface area contributed by atoms with Crippen molar-refractivity contribution in [2.24, 2.45) is 0 Å². The highest BCUT2D eigenvalue weighted by atomic mass is 16.5. The fourth-order valence-electron chi connectivity index (χ4n) is 3.47. The van der Waals surface area contributed by atoms with E-state index in [0.29, 0.717) is 0 Å². The van der Waals surface area contributed by atoms with Crippen LogP contribution in [0.2, 0.25) is 0 Å². The zero-order valence-corrected chi connectivity index (χ0v) is 12.8. The van der Waals surface area contributed by atoms with E-state index in [9.17, 15) is 0 Å². The van der Waals surface area contributed by atoms with E-state index in [0.717, 1.165) is 58.1 Å². The average Bonchev–Trinajstić information content (AvgIpc) is 2.56. The van der Waals surface area contributed by atoms with Gasteiger partial charge in [0.15, 0.2) is 0 Å². The van der Waals surface area contributed by atoms with Gasteiger partial charge in [0.05, 0.1) is 5.41 Å². The molecule has 0 unspecified atom stereocenters. The summed E-state index contributed by atoms with van der Waals surface area (Å²) in [4.78, 5) is 4.61. The van der Waals surface area contributed by atoms with Crippen LogP contribution in [0.1, 0.15) is 18.4 Å². The summed E-state index contributed by atoms with van der Waals surface area (Å²) in [6.07, 6.45) is 1.84. The van der Waals surface area contributed by atoms with Crippen LogP contribution in [0.15, 0.2) is 30.3 Å². The first kappa shape index (κ1) is 14.5. The van der Waals surface area contributed by atoms with Gasteiger partial charge in [-0.15, -0.1) is 0 Å². The first-order valence-corrected chi connectivity index (χ1v) is 7.88. The lowest BCUT2D eigenvalue weighted by molar-refractivity contribution is 0.0651. The molecule has 0 saturated carbocycles. The second kappa shape index (κ2) is 6.16. The van der Waals surface area contributed by atoms with Crippen molar-refractivity contribution in [3.05, 3.63) is 35.9 Å². The molecule has 0 spiro atoms. The van der Waals surface area contributed by atoms with Crippen LogP contribution in [0.4, 0.5) is 0 Å². The van der Waals surface area contributed by atoms with Gasteiger partial charge in [-0.05, 0) is 25.5 Å². The molecule has 1 aromatic rings. The van der Waals surface area contributed by atoms with Crippen molar-refractivity contribution in [2.45, 2.75) is 18.3 Å². The summed E-state index contributed by atoms with van der Waals surface area (Å²) in [5.41, 5.74) is 1.12. The van der Waals surface area contributed by atoms with Gasteiger partial charge in [0.25, 0.3) is 0 Å². The summed E-state index contributed by atoms with van der Waals surface area (Å²) < 4.78 is 5.58. The van der Waals surface area contributed by atoms with E-state index in [-0.39, 0.29) is 5.41 Å². The largest absolute Gasteiger partial charge is 0.381 e. The molecule has 2 aliphatic rings. The fourth-order valence-corrected chi connectivity index (χ4v) is 3.47. The lowest BCUT2D eigenvalue weighted by Gasteiger charge is -2.45. The Morgan fingerprint density at radius 1 is 1.05 bits per heavy atom. The summed E-state index contributed by atoms with van der Waals surface area (Å²) in [6, 6.07) is 10.6. The Labute approximate surface area is 127 Å². The molecule has 21 heavy (non-hydrogen) atoms. The molecule has 0 bridgehead atoms. The van der Waals surface area contributed by atoms with Crippen LogP contribution in [-0.2, 0) is 10.2 Å². The molecule has 1 N–H and O–H groups in total. The minimum absolute atomic E-state index is 0.157. The minimum atomic E-state index is -0.157. The Balaban J connectivity index is 1.87. The van der Waals surface area contributed by atoms with Gasteiger partial charge < -0.3 is 14.5 Å². The molecule has 0 amide bonds. The maximum atomic E-state index is 8.88. The number of rotatable bonds is 2. The van der Waals surface area contributed by atoms with Gasteiger partial charge in [0.1, 0.15) is 5.84 Å². The van der Waals surface area contributed by atoms with Crippen LogP contribution >= 0.6 is 0 Å². The quantitative estimate of drug-likeness (QED) is 0.667. The molecule has 2 heterocycles. The molecule has 0 radical (unpaired) electrons. The molecule has 0 aliphatic carbocycles. The van der Waals surface area contributed by atoms with Gasteiger partial charge in [-0.2, -0.15) is 0 Å². The number of hydrogen-bond acceptors (Lipinski definition) is 3. The van der Waals surface area contributed by atoms with Crippen molar-refractivity contribution < 1.29 is 4.74 Å². The average molecular weight is 287 g/mol. The third kappa shape index (κ3) is 2.83. The molecule has 2 aliphatic heterocycles. The van der Waals surface area contributed by atoms with Crippen LogP contribution in [0.3, 0.4) is 0 Å². The molecule has 1 aromatic carbocycles. The predicted octanol–water partition coefficient (Wildman–Crippen LogP) is 1.96. The number of hydrogen-bond donors (Lipinski definition) is 1. The van der Waals surface area contributed by atoms with E-state index in [1.54, 1.807) is 0 Å². The molecule has 2 fully saturated rings. The summed E-state index contributed by atoms with van der Waals surface area (Å²) in [5, 5.41) is 8.88. The second-order valence-corrected chi connectivity index (χ2v) is 6.20. The lowest BCUT2D eigenvalue weighted by atomic mass is 9.72. The molecule has 4 heteroatoms. The van der Waals surface area contributed by atoms with Gasteiger partial charge in [0.2, 0.25) is 0 Å². The van der Waals surface area contributed by atoms with Crippen molar-refractivity contribution in [3.8, 4) is 0 Å². The first-order valence-electron chi connectivity index (χ1n) is 7.88. The molecule has 3 rings (SSSR count). The Morgan fingerprint density at radius 3 is 2.29 bits per heavy atom. The molecular weight excluding hydrogens is 262 g/mol. The van der Waals surface area contributed by atoms with Crippen LogP contribution in [0.25, 0.3) is 0 Å². The third-order valence-electron chi connectivity index (χ3n) is 4.95. The van der Waals surface area contributed by atoms with Crippen LogP contribution in [0.5, 0.6) is 0 Å². The minimum Gasteiger partial charge on any atom is -0.381 e. The summed E-state index contributed by atoms with van der Waals surface area (Å²) in [7, 11) is 2.16. The Bertz CT molecular complexity index is 474. The van der Waals surface area contributed by atoms with Crippen molar-refractivity contribution in [1.29, 1.82) is 5.41 Å². The molecule has 0 aromatic heterocycles. The number of amidine groups is 1. The highest BCUT2D eigenvalue weighted by molar-refractivity contribution is 5.91. The van der Waals surface area contributed by atoms with Crippen molar-refractivity contribution in [3.63, 3.8) is 0 Å². The number of nitrogens with one attached hydrogen (secondary N) is 1. The van der Waals surface area contributed by atoms with Gasteiger partial charge in [-0.3, -0.25) is 5.41 Å². The highest BCUT2D eigenvalue weighted by Gasteiger charge is 2.41. The molecule has 0 atom stereocenters. The maximum Gasteiger partial charge on any atom is 0.107 e. The summed E-state index contributed by atoms with van der Waals surface area (Å²) in [6.45, 7) is 5.53. The Morgan fingerprint density at radius 2 is 1.67 bits per heavy atom. The zero-order valence-electron chi connectivity index (χ0n) is 12.8. The third-order valence-corrected chi connectivity index (χ3v) is 4.95. The number of piperazine rings is 1. The summed E-state index contributed by atoms with van der Waals surface area (Å²) >= 11 is 0. The molecular formula is C17H25N3O. The number of likely N-dealkylation sites (N-methyl/N-ethyl adjacent to an activating group) is 1. The fraction of sp³-hybridized carbons (Fsp3) is 0.588. The smallest absolute Gasteiger partial charge is 0.107 e. The predicted molar refractivity (Wildman–Crippen MR) is 85.0 cm³/mol. The van der Waals surface area contributed by atoms with Crippen LogP contribution in [-0.4, -0.2) is 62.1 Å². The monoisotopic (exact) mass is 287 g/mol. The Kier molecular flexibility index (Phi) is 4.27. The van der Waals surface area contributed by atoms with E-state index in [1.165, 1.54) is 5.56 Å². The topological polar surface area (TPSA) is 39.6 Å². The van der Waals surface area contributed by atoms with Crippen molar-refractivity contribution in [2.75, 3.05) is 46.4 Å². The maximum absolute atomic E-state index is 8.88. The van der Waals surface area contributed by atoms with Crippen molar-refractivity contribution in [1.82, 2.24) is 9.80 Å². The number of nitrogens with zero attached hydrogens (tertiary/aromatic N) is 2. The molecule has 2 saturated heterocycles. The van der Waals surface area contributed by atoms with Crippen molar-refractivity contribution >= 4 is 5.84 Å². The normalized spacial score (nSPS) is 23.0. The van der Waals surface area contributed by atoms with Crippen LogP contribution < -0.4 is 0 Å². The first-order chi connectivity index (χ1) is 10.2. The Hall–Kier alpha value is -1.39. The SMILES string of the molecule is CN1CCN(C(=N)C2(c3ccccc3)CCOCC2)CC1. The number of benzene rings is 1. The lowest BCUT2D eigenvalue weighted by Crippen LogP contribution is -2.55. The van der Waals surface area contributed by atoms with E-state index >= 15 is 0 Å². The zero-order chi connectivity index (χ0) is 14.7. The van der Waals surface area contributed by atoms with E-state index in [1.807, 2.05) is 0 Å². The molecule has 4 nitrogen and oxygen atoms in total. The number of ether oxygens (including phenoxy) is 1. The molecule has 114 valence electrons. The van der Waals surface area contributed by atoms with Gasteiger partial charge in [-0.1, -0.05) is 30.3 Å². The van der Waals surface area contributed by atoms with Gasteiger partial charge >= 0.3 is 0 Å². The second-order valence-electron chi connectivity index (χ2n) is 6.20. The summed E-state index contributed by atoms with van der Waals surface area (Å²) in [5.74, 6) is 0.796. The van der Waals surface area contributed by atoms with E-state index in [2.05, 4.69) is 47.2 Å². The van der Waals surface area contributed by atoms with Crippen LogP contribution in [0, 0.1) is 5.41 Å². The van der Waals surface area contributed by atoms with E-state index in [4.69, 9.17) is 10.1 Å².